The molecule has 0 radical (unpaired) electrons. The Hall–Kier alpha value is -1.61. The van der Waals surface area contributed by atoms with Gasteiger partial charge < -0.3 is 15.4 Å². The molecule has 0 saturated heterocycles. The molecule has 0 aliphatic carbocycles. The van der Waals surface area contributed by atoms with Gasteiger partial charge in [0.05, 0.1) is 18.8 Å². The van der Waals surface area contributed by atoms with Crippen LogP contribution in [0.2, 0.25) is 0 Å². The van der Waals surface area contributed by atoms with Crippen LogP contribution >= 0.6 is 24.0 Å². The molecule has 0 spiro atoms. The smallest absolute Gasteiger partial charge is 0.191 e. The standard InChI is InChI=1S/C19H29N5O.HI/c1-6-20-19(22-12-18-14(2)23-24(4)15(18)3)21-11-16-7-9-17(10-8-16)13-25-5;/h7-10H,6,11-13H2,1-5H3,(H2,20,21,22);1H. The molecule has 1 heterocycles. The fourth-order valence-electron chi connectivity index (χ4n) is 2.67. The van der Waals surface area contributed by atoms with Crippen molar-refractivity contribution in [2.75, 3.05) is 13.7 Å². The summed E-state index contributed by atoms with van der Waals surface area (Å²) < 4.78 is 7.05. The highest BCUT2D eigenvalue weighted by Gasteiger charge is 2.09. The number of ether oxygens (including phenoxy) is 1. The summed E-state index contributed by atoms with van der Waals surface area (Å²) >= 11 is 0. The molecule has 6 nitrogen and oxygen atoms in total. The van der Waals surface area contributed by atoms with Crippen molar-refractivity contribution in [1.82, 2.24) is 20.4 Å². The minimum absolute atomic E-state index is 0. The number of nitrogens with one attached hydrogen (secondary N) is 2. The van der Waals surface area contributed by atoms with E-state index in [0.717, 1.165) is 18.2 Å². The maximum Gasteiger partial charge on any atom is 0.191 e. The predicted molar refractivity (Wildman–Crippen MR) is 117 cm³/mol. The average molecular weight is 471 g/mol. The Morgan fingerprint density at radius 2 is 1.81 bits per heavy atom. The van der Waals surface area contributed by atoms with E-state index in [1.807, 2.05) is 18.7 Å². The van der Waals surface area contributed by atoms with Gasteiger partial charge in [-0.1, -0.05) is 24.3 Å². The lowest BCUT2D eigenvalue weighted by atomic mass is 10.1. The van der Waals surface area contributed by atoms with Gasteiger partial charge in [-0.15, -0.1) is 24.0 Å². The van der Waals surface area contributed by atoms with Crippen molar-refractivity contribution in [1.29, 1.82) is 0 Å². The van der Waals surface area contributed by atoms with E-state index in [-0.39, 0.29) is 24.0 Å². The number of halogens is 1. The van der Waals surface area contributed by atoms with Gasteiger partial charge in [-0.25, -0.2) is 4.99 Å². The van der Waals surface area contributed by atoms with Crippen molar-refractivity contribution in [3.63, 3.8) is 0 Å². The van der Waals surface area contributed by atoms with E-state index in [1.165, 1.54) is 22.4 Å². The number of nitrogens with zero attached hydrogens (tertiary/aromatic N) is 3. The Morgan fingerprint density at radius 1 is 1.15 bits per heavy atom. The van der Waals surface area contributed by atoms with Crippen LogP contribution < -0.4 is 10.6 Å². The van der Waals surface area contributed by atoms with Gasteiger partial charge in [0.15, 0.2) is 5.96 Å². The molecular formula is C19H30IN5O. The van der Waals surface area contributed by atoms with Gasteiger partial charge in [-0.05, 0) is 31.9 Å². The molecule has 0 fully saturated rings. The van der Waals surface area contributed by atoms with Crippen molar-refractivity contribution in [2.24, 2.45) is 12.0 Å². The number of rotatable bonds is 7. The van der Waals surface area contributed by atoms with Gasteiger partial charge in [0.1, 0.15) is 0 Å². The summed E-state index contributed by atoms with van der Waals surface area (Å²) in [5.74, 6) is 0.811. The van der Waals surface area contributed by atoms with Crippen LogP contribution in [0.25, 0.3) is 0 Å². The summed E-state index contributed by atoms with van der Waals surface area (Å²) in [5.41, 5.74) is 5.79. The summed E-state index contributed by atoms with van der Waals surface area (Å²) in [6, 6.07) is 8.35. The van der Waals surface area contributed by atoms with E-state index >= 15 is 0 Å². The van der Waals surface area contributed by atoms with Crippen LogP contribution in [0.15, 0.2) is 29.3 Å². The van der Waals surface area contributed by atoms with Crippen LogP contribution in [0.1, 0.15) is 35.0 Å². The van der Waals surface area contributed by atoms with Crippen LogP contribution in [0, 0.1) is 13.8 Å². The number of benzene rings is 1. The lowest BCUT2D eigenvalue weighted by Crippen LogP contribution is -2.37. The highest BCUT2D eigenvalue weighted by atomic mass is 127. The van der Waals surface area contributed by atoms with Crippen LogP contribution in [-0.2, 0) is 31.5 Å². The molecule has 0 saturated carbocycles. The Balaban J connectivity index is 0.00000338. The topological polar surface area (TPSA) is 63.5 Å². The fourth-order valence-corrected chi connectivity index (χ4v) is 2.67. The minimum Gasteiger partial charge on any atom is -0.380 e. The number of methoxy groups -OCH3 is 1. The minimum atomic E-state index is 0. The Labute approximate surface area is 173 Å². The predicted octanol–water partition coefficient (Wildman–Crippen LogP) is 3.06. The van der Waals surface area contributed by atoms with E-state index in [4.69, 9.17) is 4.74 Å². The highest BCUT2D eigenvalue weighted by molar-refractivity contribution is 14.0. The third kappa shape index (κ3) is 6.28. The summed E-state index contributed by atoms with van der Waals surface area (Å²) in [5, 5.41) is 11.1. The largest absolute Gasteiger partial charge is 0.380 e. The first-order chi connectivity index (χ1) is 12.0. The number of hydrogen-bond donors (Lipinski definition) is 2. The van der Waals surface area contributed by atoms with Crippen LogP contribution in [0.5, 0.6) is 0 Å². The number of guanidine groups is 1. The van der Waals surface area contributed by atoms with Crippen LogP contribution in [0.4, 0.5) is 0 Å². The quantitative estimate of drug-likeness (QED) is 0.370. The maximum atomic E-state index is 5.14. The Bertz CT molecular complexity index is 709. The first-order valence-electron chi connectivity index (χ1n) is 8.63. The second kappa shape index (κ2) is 11.2. The first kappa shape index (κ1) is 22.4. The van der Waals surface area contributed by atoms with E-state index in [1.54, 1.807) is 7.11 Å². The molecule has 7 heteroatoms. The number of aromatic nitrogens is 2. The van der Waals surface area contributed by atoms with E-state index < -0.39 is 0 Å². The van der Waals surface area contributed by atoms with Gasteiger partial charge >= 0.3 is 0 Å². The van der Waals surface area contributed by atoms with Crippen molar-refractivity contribution in [3.8, 4) is 0 Å². The molecular weight excluding hydrogens is 441 g/mol. The zero-order valence-electron chi connectivity index (χ0n) is 16.3. The number of aliphatic imine (C=N–C) groups is 1. The monoisotopic (exact) mass is 471 g/mol. The van der Waals surface area contributed by atoms with E-state index in [2.05, 4.69) is 58.8 Å². The Morgan fingerprint density at radius 3 is 2.35 bits per heavy atom. The zero-order chi connectivity index (χ0) is 18.2. The second-order valence-corrected chi connectivity index (χ2v) is 6.07. The summed E-state index contributed by atoms with van der Waals surface area (Å²) in [7, 11) is 3.68. The molecule has 0 amide bonds. The summed E-state index contributed by atoms with van der Waals surface area (Å²) in [6.07, 6.45) is 0. The SMILES string of the molecule is CCNC(=NCc1ccc(COC)cc1)NCc1c(C)nn(C)c1C.I. The van der Waals surface area contributed by atoms with Gasteiger partial charge in [-0.3, -0.25) is 4.68 Å². The van der Waals surface area contributed by atoms with Crippen molar-refractivity contribution in [3.05, 3.63) is 52.3 Å². The van der Waals surface area contributed by atoms with Crippen molar-refractivity contribution in [2.45, 2.75) is 40.5 Å². The molecule has 2 rings (SSSR count). The van der Waals surface area contributed by atoms with Gasteiger partial charge in [-0.2, -0.15) is 5.10 Å². The molecule has 0 atom stereocenters. The number of aryl methyl sites for hydroxylation is 2. The third-order valence-corrected chi connectivity index (χ3v) is 4.19. The Kier molecular flexibility index (Phi) is 9.64. The number of hydrogen-bond acceptors (Lipinski definition) is 3. The molecule has 2 aromatic rings. The van der Waals surface area contributed by atoms with Crippen molar-refractivity contribution >= 4 is 29.9 Å². The van der Waals surface area contributed by atoms with E-state index in [9.17, 15) is 0 Å². The molecule has 0 bridgehead atoms. The fraction of sp³-hybridized carbons (Fsp3) is 0.474. The first-order valence-corrected chi connectivity index (χ1v) is 8.63. The normalized spacial score (nSPS) is 11.2. The van der Waals surface area contributed by atoms with Crippen molar-refractivity contribution < 1.29 is 4.74 Å². The zero-order valence-corrected chi connectivity index (χ0v) is 18.6. The lowest BCUT2D eigenvalue weighted by Gasteiger charge is -2.12. The van der Waals surface area contributed by atoms with Crippen LogP contribution in [-0.4, -0.2) is 29.4 Å². The average Bonchev–Trinajstić information content (AvgIpc) is 2.84. The van der Waals surface area contributed by atoms with Gasteiger partial charge in [0.2, 0.25) is 0 Å². The molecule has 0 aliphatic heterocycles. The summed E-state index contributed by atoms with van der Waals surface area (Å²) in [6.45, 7) is 8.99. The van der Waals surface area contributed by atoms with Crippen LogP contribution in [0.3, 0.4) is 0 Å². The molecule has 0 aliphatic rings. The molecule has 1 aromatic carbocycles. The van der Waals surface area contributed by atoms with Gasteiger partial charge in [0.25, 0.3) is 0 Å². The second-order valence-electron chi connectivity index (χ2n) is 6.07. The molecule has 144 valence electrons. The maximum absolute atomic E-state index is 5.14. The third-order valence-electron chi connectivity index (χ3n) is 4.19. The van der Waals surface area contributed by atoms with Gasteiger partial charge in [0, 0.05) is 38.5 Å². The lowest BCUT2D eigenvalue weighted by molar-refractivity contribution is 0.185. The van der Waals surface area contributed by atoms with E-state index in [0.29, 0.717) is 19.7 Å². The summed E-state index contributed by atoms with van der Waals surface area (Å²) in [4.78, 5) is 4.68. The molecule has 26 heavy (non-hydrogen) atoms. The molecule has 0 unspecified atom stereocenters. The molecule has 2 N–H and O–H groups in total. The highest BCUT2D eigenvalue weighted by Crippen LogP contribution is 2.11. The molecule has 1 aromatic heterocycles.